The maximum Gasteiger partial charge on any atom is 0.253 e. The Bertz CT molecular complexity index is 1460. The lowest BCUT2D eigenvalue weighted by Gasteiger charge is -2.17. The van der Waals surface area contributed by atoms with Crippen LogP contribution in [0, 0.1) is 11.3 Å². The summed E-state index contributed by atoms with van der Waals surface area (Å²) in [6.07, 6.45) is 1.07. The molecule has 0 aliphatic carbocycles. The predicted octanol–water partition coefficient (Wildman–Crippen LogP) is 4.34. The average molecular weight is 456 g/mol. The Morgan fingerprint density at radius 1 is 0.970 bits per heavy atom. The van der Waals surface area contributed by atoms with Crippen molar-refractivity contribution in [1.82, 2.24) is 10.3 Å². The third-order valence-corrected chi connectivity index (χ3v) is 6.46. The zero-order chi connectivity index (χ0) is 23.4. The Morgan fingerprint density at radius 2 is 1.58 bits per heavy atom. The summed E-state index contributed by atoms with van der Waals surface area (Å²) in [5, 5.41) is 12.8. The number of benzene rings is 3. The topological polar surface area (TPSA) is 99.9 Å². The SMILES string of the molecule is CS(=O)(=O)c1c(-c2ccccc2)nc2ccccc2c1C(=O)NCC(C#N)c1ccccc1. The number of hydrogen-bond acceptors (Lipinski definition) is 5. The summed E-state index contributed by atoms with van der Waals surface area (Å²) in [6.45, 7) is 0.0415. The Hall–Kier alpha value is -4.02. The molecule has 1 N–H and O–H groups in total. The van der Waals surface area contributed by atoms with Gasteiger partial charge in [-0.25, -0.2) is 13.4 Å². The van der Waals surface area contributed by atoms with Gasteiger partial charge in [0.15, 0.2) is 9.84 Å². The molecule has 0 fully saturated rings. The largest absolute Gasteiger partial charge is 0.350 e. The van der Waals surface area contributed by atoms with Gasteiger partial charge in [-0.15, -0.1) is 0 Å². The molecule has 3 aromatic carbocycles. The summed E-state index contributed by atoms with van der Waals surface area (Å²) in [5.74, 6) is -1.14. The summed E-state index contributed by atoms with van der Waals surface area (Å²) in [4.78, 5) is 17.9. The molecule has 6 nitrogen and oxygen atoms in total. The highest BCUT2D eigenvalue weighted by Gasteiger charge is 2.28. The van der Waals surface area contributed by atoms with Gasteiger partial charge in [0.05, 0.1) is 28.8 Å². The number of nitrogens with one attached hydrogen (secondary N) is 1. The van der Waals surface area contributed by atoms with Gasteiger partial charge >= 0.3 is 0 Å². The van der Waals surface area contributed by atoms with E-state index in [1.807, 2.05) is 36.4 Å². The first-order chi connectivity index (χ1) is 15.9. The number of rotatable bonds is 6. The van der Waals surface area contributed by atoms with E-state index >= 15 is 0 Å². The number of nitriles is 1. The maximum absolute atomic E-state index is 13.4. The number of carbonyl (C=O) groups is 1. The minimum Gasteiger partial charge on any atom is -0.350 e. The van der Waals surface area contributed by atoms with E-state index in [9.17, 15) is 18.5 Å². The van der Waals surface area contributed by atoms with E-state index in [-0.39, 0.29) is 22.7 Å². The van der Waals surface area contributed by atoms with E-state index in [1.54, 1.807) is 48.5 Å². The van der Waals surface area contributed by atoms with Crippen LogP contribution in [-0.2, 0) is 9.84 Å². The molecule has 4 aromatic rings. The summed E-state index contributed by atoms with van der Waals surface area (Å²) in [7, 11) is -3.83. The third kappa shape index (κ3) is 4.61. The molecular formula is C26H21N3O3S. The predicted molar refractivity (Wildman–Crippen MR) is 127 cm³/mol. The fraction of sp³-hybridized carbons (Fsp3) is 0.115. The zero-order valence-electron chi connectivity index (χ0n) is 17.9. The number of fused-ring (bicyclic) bond motifs is 1. The van der Waals surface area contributed by atoms with Gasteiger partial charge in [0.1, 0.15) is 4.90 Å². The number of para-hydroxylation sites is 1. The maximum atomic E-state index is 13.4. The van der Waals surface area contributed by atoms with Crippen LogP contribution in [0.2, 0.25) is 0 Å². The Balaban J connectivity index is 1.85. The lowest BCUT2D eigenvalue weighted by atomic mass is 10.00. The molecule has 0 bridgehead atoms. The molecule has 164 valence electrons. The van der Waals surface area contributed by atoms with Crippen LogP contribution in [0.5, 0.6) is 0 Å². The monoisotopic (exact) mass is 455 g/mol. The van der Waals surface area contributed by atoms with Crippen LogP contribution in [0.3, 0.4) is 0 Å². The smallest absolute Gasteiger partial charge is 0.253 e. The molecule has 1 atom stereocenters. The highest BCUT2D eigenvalue weighted by atomic mass is 32.2. The number of sulfone groups is 1. The Kier molecular flexibility index (Phi) is 6.20. The number of pyridine rings is 1. The van der Waals surface area contributed by atoms with E-state index in [0.29, 0.717) is 16.5 Å². The Labute approximate surface area is 192 Å². The molecule has 1 heterocycles. The first-order valence-corrected chi connectivity index (χ1v) is 12.2. The molecular weight excluding hydrogens is 434 g/mol. The lowest BCUT2D eigenvalue weighted by molar-refractivity contribution is 0.0951. The molecule has 1 amide bonds. The lowest BCUT2D eigenvalue weighted by Crippen LogP contribution is -2.30. The molecule has 0 saturated carbocycles. The quantitative estimate of drug-likeness (QED) is 0.466. The fourth-order valence-electron chi connectivity index (χ4n) is 3.78. The van der Waals surface area contributed by atoms with Crippen molar-refractivity contribution < 1.29 is 13.2 Å². The molecule has 1 unspecified atom stereocenters. The van der Waals surface area contributed by atoms with Crippen LogP contribution in [0.4, 0.5) is 0 Å². The number of aromatic nitrogens is 1. The minimum absolute atomic E-state index is 0.0340. The third-order valence-electron chi connectivity index (χ3n) is 5.32. The molecule has 0 radical (unpaired) electrons. The van der Waals surface area contributed by atoms with Crippen molar-refractivity contribution in [2.75, 3.05) is 12.8 Å². The first-order valence-electron chi connectivity index (χ1n) is 10.3. The number of amides is 1. The van der Waals surface area contributed by atoms with Gasteiger partial charge in [-0.05, 0) is 11.6 Å². The van der Waals surface area contributed by atoms with Crippen LogP contribution in [0.25, 0.3) is 22.2 Å². The van der Waals surface area contributed by atoms with Crippen LogP contribution >= 0.6 is 0 Å². The van der Waals surface area contributed by atoms with Crippen molar-refractivity contribution in [2.24, 2.45) is 0 Å². The molecule has 0 saturated heterocycles. The van der Waals surface area contributed by atoms with E-state index < -0.39 is 21.7 Å². The number of carbonyl (C=O) groups excluding carboxylic acids is 1. The zero-order valence-corrected chi connectivity index (χ0v) is 18.7. The van der Waals surface area contributed by atoms with Crippen LogP contribution in [0.1, 0.15) is 21.8 Å². The van der Waals surface area contributed by atoms with Crippen molar-refractivity contribution in [2.45, 2.75) is 10.8 Å². The van der Waals surface area contributed by atoms with Crippen LogP contribution in [-0.4, -0.2) is 32.1 Å². The highest BCUT2D eigenvalue weighted by Crippen LogP contribution is 2.33. The van der Waals surface area contributed by atoms with E-state index in [2.05, 4.69) is 16.4 Å². The molecule has 7 heteroatoms. The second-order valence-corrected chi connectivity index (χ2v) is 9.57. The Morgan fingerprint density at radius 3 is 2.21 bits per heavy atom. The first kappa shape index (κ1) is 22.2. The molecule has 0 aliphatic heterocycles. The van der Waals surface area contributed by atoms with Gasteiger partial charge in [0.2, 0.25) is 0 Å². The number of nitrogens with zero attached hydrogens (tertiary/aromatic N) is 2. The average Bonchev–Trinajstić information content (AvgIpc) is 2.83. The van der Waals surface area contributed by atoms with Crippen molar-refractivity contribution in [3.05, 3.63) is 96.1 Å². The van der Waals surface area contributed by atoms with Crippen molar-refractivity contribution >= 4 is 26.6 Å². The summed E-state index contributed by atoms with van der Waals surface area (Å²) in [5.41, 5.74) is 2.13. The van der Waals surface area contributed by atoms with E-state index in [0.717, 1.165) is 11.8 Å². The number of hydrogen-bond donors (Lipinski definition) is 1. The highest BCUT2D eigenvalue weighted by molar-refractivity contribution is 7.91. The second kappa shape index (κ2) is 9.23. The normalized spacial score (nSPS) is 12.1. The van der Waals surface area contributed by atoms with Gasteiger partial charge in [-0.1, -0.05) is 78.9 Å². The molecule has 33 heavy (non-hydrogen) atoms. The molecule has 1 aromatic heterocycles. The summed E-state index contributed by atoms with van der Waals surface area (Å²) < 4.78 is 25.9. The van der Waals surface area contributed by atoms with Crippen molar-refractivity contribution in [1.29, 1.82) is 5.26 Å². The molecule has 4 rings (SSSR count). The van der Waals surface area contributed by atoms with Gasteiger partial charge in [-0.3, -0.25) is 4.79 Å². The summed E-state index contributed by atoms with van der Waals surface area (Å²) >= 11 is 0. The van der Waals surface area contributed by atoms with Gasteiger partial charge in [-0.2, -0.15) is 5.26 Å². The summed E-state index contributed by atoms with van der Waals surface area (Å²) in [6, 6.07) is 27.2. The van der Waals surface area contributed by atoms with Gasteiger partial charge in [0, 0.05) is 23.8 Å². The van der Waals surface area contributed by atoms with Crippen molar-refractivity contribution in [3.63, 3.8) is 0 Å². The molecule has 0 spiro atoms. The van der Waals surface area contributed by atoms with Gasteiger partial charge < -0.3 is 5.32 Å². The van der Waals surface area contributed by atoms with E-state index in [4.69, 9.17) is 0 Å². The fourth-order valence-corrected chi connectivity index (χ4v) is 4.87. The minimum atomic E-state index is -3.83. The van der Waals surface area contributed by atoms with Crippen LogP contribution in [0.15, 0.2) is 89.8 Å². The van der Waals surface area contributed by atoms with Gasteiger partial charge in [0.25, 0.3) is 5.91 Å². The van der Waals surface area contributed by atoms with Crippen LogP contribution < -0.4 is 5.32 Å². The van der Waals surface area contributed by atoms with E-state index in [1.165, 1.54) is 0 Å². The second-order valence-electron chi connectivity index (χ2n) is 7.62. The molecule has 0 aliphatic rings. The van der Waals surface area contributed by atoms with Crippen molar-refractivity contribution in [3.8, 4) is 17.3 Å². The standard InChI is InChI=1S/C26H21N3O3S/c1-33(31,32)25-23(26(30)28-17-20(16-27)18-10-4-2-5-11-18)21-14-8-9-15-22(21)29-24(25)19-12-6-3-7-13-19/h2-15,20H,17H2,1H3,(H,28,30).